The molecule has 1 aliphatic carbocycles. The van der Waals surface area contributed by atoms with E-state index in [2.05, 4.69) is 62.5 Å². The van der Waals surface area contributed by atoms with Crippen LogP contribution in [0.1, 0.15) is 168 Å². The Balaban J connectivity index is 2.52. The Morgan fingerprint density at radius 2 is 0.902 bits per heavy atom. The van der Waals surface area contributed by atoms with Crippen LogP contribution in [-0.2, 0) is 32.7 Å². The van der Waals surface area contributed by atoms with Crippen LogP contribution >= 0.6 is 7.82 Å². The average Bonchev–Trinajstić information content (AvgIpc) is 3.24. The SMILES string of the molecule is CCCCC/C=C\C/C=C\C/C=C\C/C=C\CCCC(=O)O[C@H](COC(=O)CCCCCCCCC/C=C\CCCCCC)COP(=O)(O)OC1C(O)C(O)C(O)[C@@H](O)C1O. The van der Waals surface area contributed by atoms with Gasteiger partial charge in [-0.1, -0.05) is 139 Å². The van der Waals surface area contributed by atoms with Gasteiger partial charge in [0.15, 0.2) is 6.10 Å². The maximum Gasteiger partial charge on any atom is 0.472 e. The van der Waals surface area contributed by atoms with Gasteiger partial charge in [0.2, 0.25) is 0 Å². The number of carbonyl (C=O) groups excluding carboxylic acids is 2. The molecule has 1 fully saturated rings. The fourth-order valence-corrected chi connectivity index (χ4v) is 7.54. The molecule has 0 aromatic carbocycles. The van der Waals surface area contributed by atoms with E-state index in [0.29, 0.717) is 19.3 Å². The zero-order valence-electron chi connectivity index (χ0n) is 37.2. The molecule has 0 aliphatic heterocycles. The minimum Gasteiger partial charge on any atom is -0.462 e. The number of phosphoric ester groups is 1. The Kier molecular flexibility index (Phi) is 34.3. The van der Waals surface area contributed by atoms with Gasteiger partial charge in [-0.25, -0.2) is 4.57 Å². The second-order valence-corrected chi connectivity index (χ2v) is 17.3. The van der Waals surface area contributed by atoms with Crippen LogP contribution in [0.4, 0.5) is 0 Å². The van der Waals surface area contributed by atoms with Crippen LogP contribution in [0.25, 0.3) is 0 Å². The Bertz CT molecular complexity index is 1300. The molecular formula is C47H81O13P. The van der Waals surface area contributed by atoms with Crippen molar-refractivity contribution in [2.24, 2.45) is 0 Å². The van der Waals surface area contributed by atoms with Crippen LogP contribution in [0.3, 0.4) is 0 Å². The van der Waals surface area contributed by atoms with E-state index < -0.39 is 75.7 Å². The van der Waals surface area contributed by atoms with E-state index in [1.807, 2.05) is 12.2 Å². The molecule has 352 valence electrons. The van der Waals surface area contributed by atoms with E-state index in [1.54, 1.807) is 0 Å². The largest absolute Gasteiger partial charge is 0.472 e. The Morgan fingerprint density at radius 3 is 1.44 bits per heavy atom. The fraction of sp³-hybridized carbons (Fsp3) is 0.745. The molecule has 0 heterocycles. The molecule has 0 aromatic rings. The molecule has 13 nitrogen and oxygen atoms in total. The smallest absolute Gasteiger partial charge is 0.462 e. The zero-order valence-corrected chi connectivity index (χ0v) is 38.1. The van der Waals surface area contributed by atoms with Gasteiger partial charge in [0.05, 0.1) is 6.61 Å². The molecule has 0 aromatic heterocycles. The third kappa shape index (κ3) is 29.5. The Hall–Kier alpha value is -2.45. The van der Waals surface area contributed by atoms with Crippen LogP contribution in [0.2, 0.25) is 0 Å². The molecule has 0 saturated heterocycles. The first-order valence-corrected chi connectivity index (χ1v) is 24.6. The van der Waals surface area contributed by atoms with E-state index in [0.717, 1.165) is 57.8 Å². The second-order valence-electron chi connectivity index (χ2n) is 15.9. The lowest BCUT2D eigenvalue weighted by molar-refractivity contribution is -0.220. The maximum absolute atomic E-state index is 12.8. The first-order valence-electron chi connectivity index (χ1n) is 23.1. The van der Waals surface area contributed by atoms with Gasteiger partial charge in [-0.2, -0.15) is 0 Å². The fourth-order valence-electron chi connectivity index (χ4n) is 6.57. The molecule has 6 unspecified atom stereocenters. The molecule has 14 heteroatoms. The second kappa shape index (κ2) is 37.0. The van der Waals surface area contributed by atoms with E-state index in [4.69, 9.17) is 18.5 Å². The van der Waals surface area contributed by atoms with Gasteiger partial charge >= 0.3 is 19.8 Å². The number of esters is 2. The molecule has 0 radical (unpaired) electrons. The van der Waals surface area contributed by atoms with Gasteiger partial charge in [0, 0.05) is 12.8 Å². The summed E-state index contributed by atoms with van der Waals surface area (Å²) in [5.74, 6) is -1.17. The number of hydrogen-bond donors (Lipinski definition) is 6. The van der Waals surface area contributed by atoms with Crippen LogP contribution in [0.5, 0.6) is 0 Å². The Morgan fingerprint density at radius 1 is 0.508 bits per heavy atom. The van der Waals surface area contributed by atoms with Crippen molar-refractivity contribution in [2.45, 2.75) is 211 Å². The molecule has 8 atom stereocenters. The van der Waals surface area contributed by atoms with Gasteiger partial charge < -0.3 is 39.9 Å². The van der Waals surface area contributed by atoms with Crippen molar-refractivity contribution in [2.75, 3.05) is 13.2 Å². The van der Waals surface area contributed by atoms with Gasteiger partial charge in [-0.3, -0.25) is 18.6 Å². The number of aliphatic hydroxyl groups excluding tert-OH is 5. The first kappa shape index (κ1) is 56.6. The van der Waals surface area contributed by atoms with Gasteiger partial charge in [0.25, 0.3) is 0 Å². The van der Waals surface area contributed by atoms with E-state index in [1.165, 1.54) is 64.2 Å². The van der Waals surface area contributed by atoms with Gasteiger partial charge in [-0.15, -0.1) is 0 Å². The van der Waals surface area contributed by atoms with Crippen molar-refractivity contribution in [1.29, 1.82) is 0 Å². The average molecular weight is 885 g/mol. The summed E-state index contributed by atoms with van der Waals surface area (Å²) in [6.45, 7) is 3.20. The number of ether oxygens (including phenoxy) is 2. The lowest BCUT2D eigenvalue weighted by Gasteiger charge is -2.41. The number of carbonyl (C=O) groups is 2. The van der Waals surface area contributed by atoms with Crippen molar-refractivity contribution in [3.05, 3.63) is 60.8 Å². The number of unbranched alkanes of at least 4 members (excludes halogenated alkanes) is 15. The molecule has 0 spiro atoms. The summed E-state index contributed by atoms with van der Waals surface area (Å²) in [5.41, 5.74) is 0. The highest BCUT2D eigenvalue weighted by atomic mass is 31.2. The normalized spacial score (nSPS) is 22.6. The highest BCUT2D eigenvalue weighted by Gasteiger charge is 2.51. The molecule has 0 bridgehead atoms. The van der Waals surface area contributed by atoms with Crippen LogP contribution in [0, 0.1) is 0 Å². The van der Waals surface area contributed by atoms with Crippen molar-refractivity contribution in [1.82, 2.24) is 0 Å². The third-order valence-electron chi connectivity index (χ3n) is 10.3. The topological polar surface area (TPSA) is 210 Å². The standard InChI is InChI=1S/C47H81O13P/c1-3-5-7-9-11-13-15-17-19-20-22-24-26-28-30-32-34-36-41(49)59-39(38-58-61(55,56)60-47-45(53)43(51)42(50)44(52)46(47)54)37-57-40(48)35-33-31-29-27-25-23-21-18-16-14-12-10-8-6-4-2/h11,13-14,16-17,19,22,24,28,30,39,42-47,50-54H,3-10,12,15,18,20-21,23,25-27,29,31-38H2,1-2H3,(H,55,56)/b13-11-,16-14-,19-17-,24-22-,30-28-/t39-,42?,43-,44?,45?,46?,47?/m1/s1. The van der Waals surface area contributed by atoms with E-state index >= 15 is 0 Å². The molecule has 61 heavy (non-hydrogen) atoms. The molecule has 1 saturated carbocycles. The quantitative estimate of drug-likeness (QED) is 0.0149. The monoisotopic (exact) mass is 885 g/mol. The van der Waals surface area contributed by atoms with E-state index in [-0.39, 0.29) is 12.8 Å². The van der Waals surface area contributed by atoms with E-state index in [9.17, 15) is 44.6 Å². The predicted octanol–water partition coefficient (Wildman–Crippen LogP) is 8.94. The number of aliphatic hydroxyl groups is 5. The zero-order chi connectivity index (χ0) is 45.0. The predicted molar refractivity (Wildman–Crippen MR) is 239 cm³/mol. The maximum atomic E-state index is 12.8. The molecule has 6 N–H and O–H groups in total. The van der Waals surface area contributed by atoms with Crippen molar-refractivity contribution in [3.8, 4) is 0 Å². The third-order valence-corrected chi connectivity index (χ3v) is 11.3. The summed E-state index contributed by atoms with van der Waals surface area (Å²) in [6, 6.07) is 0. The summed E-state index contributed by atoms with van der Waals surface area (Å²) in [5, 5.41) is 50.1. The lowest BCUT2D eigenvalue weighted by atomic mass is 9.85. The number of rotatable bonds is 37. The molecular weight excluding hydrogens is 803 g/mol. The molecule has 0 amide bonds. The first-order chi connectivity index (χ1) is 29.4. The summed E-state index contributed by atoms with van der Waals surface area (Å²) >= 11 is 0. The minimum absolute atomic E-state index is 0.0180. The highest BCUT2D eigenvalue weighted by Crippen LogP contribution is 2.47. The molecule has 1 aliphatic rings. The summed E-state index contributed by atoms with van der Waals surface area (Å²) in [4.78, 5) is 35.7. The summed E-state index contributed by atoms with van der Waals surface area (Å²) in [7, 11) is -5.14. The van der Waals surface area contributed by atoms with Crippen LogP contribution < -0.4 is 0 Å². The Labute approximate surface area is 366 Å². The number of allylic oxidation sites excluding steroid dienone is 10. The van der Waals surface area contributed by atoms with Crippen LogP contribution in [0.15, 0.2) is 60.8 Å². The van der Waals surface area contributed by atoms with Gasteiger partial charge in [0.1, 0.15) is 43.2 Å². The number of hydrogen-bond acceptors (Lipinski definition) is 12. The van der Waals surface area contributed by atoms with Crippen LogP contribution in [-0.4, -0.2) is 98.3 Å². The van der Waals surface area contributed by atoms with Crippen molar-refractivity contribution in [3.63, 3.8) is 0 Å². The van der Waals surface area contributed by atoms with Crippen molar-refractivity contribution >= 4 is 19.8 Å². The van der Waals surface area contributed by atoms with Crippen molar-refractivity contribution < 1.29 is 63.1 Å². The summed E-state index contributed by atoms with van der Waals surface area (Å²) < 4.78 is 33.4. The number of phosphoric acid groups is 1. The minimum atomic E-state index is -5.14. The van der Waals surface area contributed by atoms with Gasteiger partial charge in [-0.05, 0) is 77.0 Å². The molecule has 1 rings (SSSR count). The summed E-state index contributed by atoms with van der Waals surface area (Å²) in [6.07, 6.45) is 31.3. The highest BCUT2D eigenvalue weighted by molar-refractivity contribution is 7.47. The lowest BCUT2D eigenvalue weighted by Crippen LogP contribution is -2.64.